The van der Waals surface area contributed by atoms with Gasteiger partial charge in [0.2, 0.25) is 5.69 Å². The summed E-state index contributed by atoms with van der Waals surface area (Å²) in [7, 11) is 20.6. The zero-order chi connectivity index (χ0) is 100. The molecule has 5 nitrogen and oxygen atoms in total. The van der Waals surface area contributed by atoms with E-state index in [1.807, 2.05) is 112 Å². The van der Waals surface area contributed by atoms with Crippen molar-refractivity contribution in [3.63, 3.8) is 0 Å². The van der Waals surface area contributed by atoms with Gasteiger partial charge in [0.15, 0.2) is 11.8 Å². The fourth-order valence-corrected chi connectivity index (χ4v) is 34.8. The first-order valence-electron chi connectivity index (χ1n) is 46.6. The first-order valence-corrected chi connectivity index (χ1v) is 68.6. The minimum atomic E-state index is -3.67. The van der Waals surface area contributed by atoms with E-state index >= 15 is 0 Å². The Kier molecular flexibility index (Phi) is 58.4. The molecule has 139 heavy (non-hydrogen) atoms. The summed E-state index contributed by atoms with van der Waals surface area (Å²) in [6.07, 6.45) is 15.9. The van der Waals surface area contributed by atoms with Gasteiger partial charge >= 0.3 is 269 Å². The summed E-state index contributed by atoms with van der Waals surface area (Å²) in [5, 5.41) is 8.61. The van der Waals surface area contributed by atoms with Gasteiger partial charge in [-0.25, -0.2) is 6.54 Å². The van der Waals surface area contributed by atoms with Gasteiger partial charge in [0.05, 0.1) is 21.9 Å². The zero-order valence-electron chi connectivity index (χ0n) is 85.1. The Morgan fingerprint density at radius 1 is 0.468 bits per heavy atom. The Bertz CT molecular complexity index is 5350. The van der Waals surface area contributed by atoms with Crippen molar-refractivity contribution in [1.29, 1.82) is 0 Å². The fraction of sp³-hybridized carbons (Fsp3) is 0.310. The second kappa shape index (κ2) is 63.9. The molecule has 0 unspecified atom stereocenters. The number of ether oxygens (including phenoxy) is 2. The van der Waals surface area contributed by atoms with E-state index in [9.17, 15) is 12.9 Å². The van der Waals surface area contributed by atoms with E-state index in [1.165, 1.54) is 101 Å². The predicted octanol–water partition coefficient (Wildman–Crippen LogP) is 27.0. The molecule has 0 amide bonds. The van der Waals surface area contributed by atoms with E-state index in [1.54, 1.807) is 0 Å². The standard InChI is InChI=1S/2C18H28N.2C18H15P.C15H10.C12H16O.C10H12O.C6H18NSi2.CH4.BF3.5ClH.Cu.FH.Li.2Ru/c2*1-7-14-10-9-11-15(8-2)16(14)19-13-17(3,4)12-18(19,5)6;2*1-4-10-16(11-5-1)19(17-12-6-2-7-13-17)18-14-8-3-9-15-18;1-2-6-12(7-3-1)15-11-10-13-8-4-5-9-14(13)15;1-4-7-11-8-5-6-9-12(11)13-10(2)3;1-8(2)11-10-7-5-4-6-9(10)3;1-8(2,3)7-9(4,5)6;;2-1(3)4;;;;;;;;;;/h2*9-11,13H,7-8,12H2,1-6H3;2*1-15H;1-9,11H;4-10H,1-3H3;3-8H,1-2H3;1-6H3;1H4;;5*1H;;1H;;;/q-1;+1;;;;;;-1;;;;;;;;+1;;+1;2*+2/p-4/b;;;;;7-4+;;;;;;;;;;;;;;. The Morgan fingerprint density at radius 3 is 1.08 bits per heavy atom. The number of aryl methyl sites for hydroxylation is 4. The van der Waals surface area contributed by atoms with Crippen molar-refractivity contribution in [2.75, 3.05) is 4.90 Å². The van der Waals surface area contributed by atoms with Crippen LogP contribution in [0.25, 0.3) is 16.3 Å². The maximum atomic E-state index is 9.67. The van der Waals surface area contributed by atoms with Crippen LogP contribution < -0.4 is 69.8 Å². The average Bonchev–Trinajstić information content (AvgIpc) is 1.61. The molecular formula is C116H148BCl5CuF4LiN3O2P2Ru2Si2+. The molecule has 1 fully saturated rings. The first-order chi connectivity index (χ1) is 64.5. The van der Waals surface area contributed by atoms with Gasteiger partial charge in [-0.2, -0.15) is 4.58 Å². The monoisotopic (exact) mass is 2270 g/mol. The van der Waals surface area contributed by atoms with Gasteiger partial charge in [-0.1, -0.05) is 301 Å². The molecular weight excluding hydrogens is 2120 g/mol. The molecule has 12 aromatic rings. The molecule has 1 aliphatic carbocycles. The molecule has 750 valence electrons. The van der Waals surface area contributed by atoms with Crippen molar-refractivity contribution in [2.45, 2.75) is 226 Å². The number of para-hydroxylation sites is 4. The third kappa shape index (κ3) is 43.5. The van der Waals surface area contributed by atoms with Gasteiger partial charge in [-0.05, 0) is 150 Å². The number of rotatable bonds is 21. The van der Waals surface area contributed by atoms with E-state index in [0.29, 0.717) is 0 Å². The zero-order valence-corrected chi connectivity index (χ0v) is 97.3. The van der Waals surface area contributed by atoms with E-state index in [0.717, 1.165) is 52.4 Å². The molecule has 2 heterocycles. The van der Waals surface area contributed by atoms with Crippen LogP contribution in [0.15, 0.2) is 334 Å². The summed E-state index contributed by atoms with van der Waals surface area (Å²) in [6, 6.07) is 113. The largest absolute Gasteiger partial charge is 1.00 e. The summed E-state index contributed by atoms with van der Waals surface area (Å²) in [5.41, 5.74) is 16.8. The molecule has 0 saturated carbocycles. The van der Waals surface area contributed by atoms with Gasteiger partial charge < -0.3 is 19.0 Å². The quantitative estimate of drug-likeness (QED) is 0.0237. The fourth-order valence-electron chi connectivity index (χ4n) is 17.3. The number of halogens is 9. The summed E-state index contributed by atoms with van der Waals surface area (Å²) in [4.78, 5) is 2.55. The second-order valence-electron chi connectivity index (χ2n) is 38.1. The molecule has 2 aliphatic heterocycles. The SMILES string of the molecule is C.C/C=C/c1ccccc1OC(C)C.CC(C)Oc1ccccc1[CH]=[Ru]([Cl])[Cl].CCc1cccc(CC)c1N1[CH-]C(C)(C)CC1(C)C.CCc1cccc(CC)c1[N+]1=CC(C)(C)CC1(C)C.C[Si](C)(C)[N-][Si](C)(C)C.FB(F)F.[Cl][Cu].[Cl][Ru]([Cl])=[C]1C=C(c2ccccc2)c2ccccc21.[F-].[Li+].c1ccc([PH+](c2ccccc2)c2ccccc2)cc1.c1ccc([PH+](c2ccccc2)c2ccccc2)cc1. The predicted molar refractivity (Wildman–Crippen MR) is 605 cm³/mol. The Balaban J connectivity index is 0.000000407. The van der Waals surface area contributed by atoms with Crippen LogP contribution in [0.3, 0.4) is 0 Å². The number of allylic oxidation sites excluding steroid dienone is 2. The molecule has 3 aliphatic rings. The third-order valence-corrected chi connectivity index (χ3v) is 37.3. The Hall–Kier alpha value is -6.22. The molecule has 0 atom stereocenters. The summed E-state index contributed by atoms with van der Waals surface area (Å²) >= 11 is 0.00912. The van der Waals surface area contributed by atoms with Crippen molar-refractivity contribution in [3.05, 3.63) is 395 Å². The first kappa shape index (κ1) is 127. The smallest absolute Gasteiger partial charge is 1.00 e. The maximum Gasteiger partial charge on any atom is 1.00 e. The number of hydrogen-bond donors (Lipinski definition) is 0. The van der Waals surface area contributed by atoms with E-state index in [4.69, 9.17) is 52.9 Å². The molecule has 23 heteroatoms. The van der Waals surface area contributed by atoms with Crippen LogP contribution >= 0.6 is 64.7 Å². The van der Waals surface area contributed by atoms with Crippen molar-refractivity contribution in [3.8, 4) is 11.5 Å². The molecule has 0 radical (unpaired) electrons. The molecule has 15 rings (SSSR count). The minimum Gasteiger partial charge on any atom is -1.00 e. The molecule has 1 saturated heterocycles. The van der Waals surface area contributed by atoms with Gasteiger partial charge in [0.1, 0.15) is 37.6 Å². The molecule has 0 aromatic heterocycles. The van der Waals surface area contributed by atoms with Gasteiger partial charge in [0.25, 0.3) is 0 Å². The summed E-state index contributed by atoms with van der Waals surface area (Å²) in [6.45, 7) is 54.1. The normalized spacial score (nSPS) is 13.7. The van der Waals surface area contributed by atoms with Crippen LogP contribution in [-0.4, -0.2) is 66.8 Å². The molecule has 12 aromatic carbocycles. The number of benzene rings is 12. The van der Waals surface area contributed by atoms with Crippen LogP contribution in [0.1, 0.15) is 188 Å². The molecule has 0 spiro atoms. The third-order valence-electron chi connectivity index (χ3n) is 21.6. The number of hydrogen-bond acceptors (Lipinski definition) is 3. The second-order valence-corrected chi connectivity index (χ2v) is 64.1. The topological polar surface area (TPSA) is 38.8 Å². The van der Waals surface area contributed by atoms with Crippen LogP contribution in [-0.2, 0) is 67.8 Å². The molecule has 0 bridgehead atoms. The van der Waals surface area contributed by atoms with Crippen LogP contribution in [0.2, 0.25) is 39.3 Å². The number of fused-ring (bicyclic) bond motifs is 1. The molecule has 0 N–H and O–H groups in total. The number of nitrogens with zero attached hydrogens (tertiary/aromatic N) is 3. The minimum absolute atomic E-state index is 0. The van der Waals surface area contributed by atoms with Crippen LogP contribution in [0, 0.1) is 17.4 Å². The van der Waals surface area contributed by atoms with E-state index in [-0.39, 0.29) is 65.1 Å². The van der Waals surface area contributed by atoms with E-state index in [2.05, 4.69) is 437 Å². The van der Waals surface area contributed by atoms with Crippen molar-refractivity contribution in [1.82, 2.24) is 0 Å². The van der Waals surface area contributed by atoms with E-state index < -0.39 is 66.9 Å². The van der Waals surface area contributed by atoms with Crippen LogP contribution in [0.5, 0.6) is 11.5 Å². The van der Waals surface area contributed by atoms with Crippen molar-refractivity contribution >= 4 is 159 Å². The van der Waals surface area contributed by atoms with Gasteiger partial charge in [0, 0.05) is 53.6 Å². The Morgan fingerprint density at radius 2 is 0.784 bits per heavy atom. The van der Waals surface area contributed by atoms with Crippen molar-refractivity contribution < 1.29 is 92.7 Å². The Labute approximate surface area is 890 Å². The number of anilines is 1. The summed E-state index contributed by atoms with van der Waals surface area (Å²) < 4.78 is 50.6. The van der Waals surface area contributed by atoms with Gasteiger partial charge in [-0.3, -0.25) is 12.9 Å². The van der Waals surface area contributed by atoms with Crippen molar-refractivity contribution in [2.24, 2.45) is 10.8 Å². The maximum absolute atomic E-state index is 9.67. The average molecular weight is 2270 g/mol. The van der Waals surface area contributed by atoms with Crippen LogP contribution in [0.4, 0.5) is 24.3 Å². The summed E-state index contributed by atoms with van der Waals surface area (Å²) in [5.74, 6) is 1.80. The van der Waals surface area contributed by atoms with Gasteiger partial charge in [-0.15, -0.1) is 5.41 Å².